The molecule has 5 heteroatoms. The summed E-state index contributed by atoms with van der Waals surface area (Å²) in [6.07, 6.45) is 0.851. The number of ether oxygens (including phenoxy) is 1. The van der Waals surface area contributed by atoms with Crippen LogP contribution < -0.4 is 5.32 Å². The Balaban J connectivity index is 2.03. The molecule has 3 nitrogen and oxygen atoms in total. The van der Waals surface area contributed by atoms with Gasteiger partial charge in [0.2, 0.25) is 0 Å². The summed E-state index contributed by atoms with van der Waals surface area (Å²) in [5, 5.41) is 5.59. The molecule has 0 aliphatic carbocycles. The highest BCUT2D eigenvalue weighted by atomic mass is 79.9. The van der Waals surface area contributed by atoms with Crippen molar-refractivity contribution in [1.29, 1.82) is 0 Å². The van der Waals surface area contributed by atoms with Crippen molar-refractivity contribution in [3.63, 3.8) is 0 Å². The van der Waals surface area contributed by atoms with Gasteiger partial charge >= 0.3 is 0 Å². The van der Waals surface area contributed by atoms with Crippen molar-refractivity contribution < 1.29 is 9.53 Å². The van der Waals surface area contributed by atoms with Crippen molar-refractivity contribution in [2.45, 2.75) is 6.42 Å². The lowest BCUT2D eigenvalue weighted by molar-refractivity contribution is 0.0948. The van der Waals surface area contributed by atoms with E-state index in [1.165, 1.54) is 11.3 Å². The van der Waals surface area contributed by atoms with Crippen molar-refractivity contribution in [3.8, 4) is 0 Å². The summed E-state index contributed by atoms with van der Waals surface area (Å²) >= 11 is 4.73. The smallest absolute Gasteiger partial charge is 0.261 e. The first-order valence-electron chi connectivity index (χ1n) is 4.80. The zero-order valence-corrected chi connectivity index (χ0v) is 10.8. The van der Waals surface area contributed by atoms with Gasteiger partial charge in [0.05, 0.1) is 11.5 Å². The van der Waals surface area contributed by atoms with Crippen molar-refractivity contribution in [1.82, 2.24) is 5.32 Å². The van der Waals surface area contributed by atoms with Crippen LogP contribution in [0.3, 0.4) is 0 Å². The molecule has 1 heterocycles. The Morgan fingerprint density at radius 1 is 1.53 bits per heavy atom. The number of nitrogens with one attached hydrogen (secondary N) is 1. The molecule has 1 amide bonds. The quantitative estimate of drug-likeness (QED) is 0.618. The van der Waals surface area contributed by atoms with Gasteiger partial charge in [-0.1, -0.05) is 22.0 Å². The maximum atomic E-state index is 11.4. The monoisotopic (exact) mass is 291 g/mol. The number of hydrogen-bond acceptors (Lipinski definition) is 3. The fourth-order valence-electron chi connectivity index (χ4n) is 1.03. The van der Waals surface area contributed by atoms with Crippen molar-refractivity contribution >= 4 is 33.2 Å². The van der Waals surface area contributed by atoms with E-state index < -0.39 is 0 Å². The minimum absolute atomic E-state index is 0.00508. The highest BCUT2D eigenvalue weighted by Crippen LogP contribution is 2.07. The molecule has 0 fully saturated rings. The summed E-state index contributed by atoms with van der Waals surface area (Å²) < 4.78 is 5.26. The second-order valence-electron chi connectivity index (χ2n) is 2.89. The second-order valence-corrected chi connectivity index (χ2v) is 4.63. The van der Waals surface area contributed by atoms with Crippen LogP contribution >= 0.6 is 27.3 Å². The van der Waals surface area contributed by atoms with Crippen molar-refractivity contribution in [2.75, 3.05) is 25.1 Å². The Bertz CT molecular complexity index is 277. The van der Waals surface area contributed by atoms with Gasteiger partial charge in [0.25, 0.3) is 5.91 Å². The standard InChI is InChI=1S/C10H14BrNO2S/c11-4-7-14-6-2-5-12-10(13)9-3-1-8-15-9/h1,3,8H,2,4-7H2,(H,12,13). The van der Waals surface area contributed by atoms with Crippen LogP contribution in [0.25, 0.3) is 0 Å². The van der Waals surface area contributed by atoms with E-state index >= 15 is 0 Å². The topological polar surface area (TPSA) is 38.3 Å². The summed E-state index contributed by atoms with van der Waals surface area (Å²) in [6, 6.07) is 3.69. The predicted molar refractivity (Wildman–Crippen MR) is 65.9 cm³/mol. The van der Waals surface area contributed by atoms with Crippen LogP contribution in [0, 0.1) is 0 Å². The second kappa shape index (κ2) is 7.84. The molecule has 1 rings (SSSR count). The minimum atomic E-state index is 0.00508. The van der Waals surface area contributed by atoms with E-state index in [9.17, 15) is 4.79 Å². The zero-order valence-electron chi connectivity index (χ0n) is 8.37. The molecule has 0 atom stereocenters. The number of thiophene rings is 1. The third-order valence-corrected chi connectivity index (χ3v) is 2.91. The van der Waals surface area contributed by atoms with Gasteiger partial charge in [0.1, 0.15) is 0 Å². The number of carbonyl (C=O) groups is 1. The van der Waals surface area contributed by atoms with Gasteiger partial charge < -0.3 is 10.1 Å². The summed E-state index contributed by atoms with van der Waals surface area (Å²) in [6.45, 7) is 2.08. The molecule has 0 saturated carbocycles. The van der Waals surface area contributed by atoms with Gasteiger partial charge in [-0.15, -0.1) is 11.3 Å². The number of alkyl halides is 1. The molecule has 1 aromatic rings. The van der Waals surface area contributed by atoms with Crippen LogP contribution in [0.15, 0.2) is 17.5 Å². The Hall–Kier alpha value is -0.390. The minimum Gasteiger partial charge on any atom is -0.381 e. The Morgan fingerprint density at radius 2 is 2.40 bits per heavy atom. The van der Waals surface area contributed by atoms with Gasteiger partial charge in [-0.3, -0.25) is 4.79 Å². The molecule has 0 radical (unpaired) electrons. The third kappa shape index (κ3) is 5.30. The number of halogens is 1. The lowest BCUT2D eigenvalue weighted by Gasteiger charge is -2.03. The number of hydrogen-bond donors (Lipinski definition) is 1. The SMILES string of the molecule is O=C(NCCCOCCBr)c1cccs1. The van der Waals surface area contributed by atoms with E-state index in [1.807, 2.05) is 17.5 Å². The van der Waals surface area contributed by atoms with Gasteiger partial charge in [0.15, 0.2) is 0 Å². The molecule has 0 aliphatic heterocycles. The molecule has 0 aromatic carbocycles. The molecule has 0 spiro atoms. The summed E-state index contributed by atoms with van der Waals surface area (Å²) in [4.78, 5) is 12.2. The number of carbonyl (C=O) groups excluding carboxylic acids is 1. The van der Waals surface area contributed by atoms with Gasteiger partial charge in [-0.05, 0) is 17.9 Å². The van der Waals surface area contributed by atoms with Crippen LogP contribution in [0.1, 0.15) is 16.1 Å². The lowest BCUT2D eigenvalue weighted by Crippen LogP contribution is -2.24. The lowest BCUT2D eigenvalue weighted by atomic mass is 10.4. The normalized spacial score (nSPS) is 10.2. The van der Waals surface area contributed by atoms with Crippen LogP contribution in [0.5, 0.6) is 0 Å². The number of amides is 1. The molecule has 0 saturated heterocycles. The Kier molecular flexibility index (Phi) is 6.63. The van der Waals surface area contributed by atoms with Crippen LogP contribution in [0.2, 0.25) is 0 Å². The maximum Gasteiger partial charge on any atom is 0.261 e. The molecule has 84 valence electrons. The van der Waals surface area contributed by atoms with E-state index in [1.54, 1.807) is 0 Å². The Labute approximate surface area is 102 Å². The fraction of sp³-hybridized carbons (Fsp3) is 0.500. The van der Waals surface area contributed by atoms with E-state index in [0.717, 1.165) is 23.2 Å². The summed E-state index contributed by atoms with van der Waals surface area (Å²) in [5.41, 5.74) is 0. The van der Waals surface area contributed by atoms with Gasteiger partial charge in [-0.2, -0.15) is 0 Å². The fourth-order valence-corrected chi connectivity index (χ4v) is 1.90. The molecular formula is C10H14BrNO2S. The van der Waals surface area contributed by atoms with Crippen LogP contribution in [-0.2, 0) is 4.74 Å². The van der Waals surface area contributed by atoms with E-state index in [-0.39, 0.29) is 5.91 Å². The third-order valence-electron chi connectivity index (χ3n) is 1.72. The Morgan fingerprint density at radius 3 is 3.07 bits per heavy atom. The van der Waals surface area contributed by atoms with Crippen molar-refractivity contribution in [2.24, 2.45) is 0 Å². The first-order chi connectivity index (χ1) is 7.34. The summed E-state index contributed by atoms with van der Waals surface area (Å²) in [7, 11) is 0. The predicted octanol–water partition coefficient (Wildman–Crippen LogP) is 2.28. The van der Waals surface area contributed by atoms with E-state index in [0.29, 0.717) is 13.2 Å². The highest BCUT2D eigenvalue weighted by molar-refractivity contribution is 9.09. The van der Waals surface area contributed by atoms with Gasteiger partial charge in [0, 0.05) is 18.5 Å². The molecule has 1 aromatic heterocycles. The van der Waals surface area contributed by atoms with Crippen LogP contribution in [-0.4, -0.2) is 31.0 Å². The highest BCUT2D eigenvalue weighted by Gasteiger charge is 2.04. The largest absolute Gasteiger partial charge is 0.381 e. The average molecular weight is 292 g/mol. The number of rotatable bonds is 7. The molecular weight excluding hydrogens is 278 g/mol. The molecule has 0 aliphatic rings. The van der Waals surface area contributed by atoms with Gasteiger partial charge in [-0.25, -0.2) is 0 Å². The molecule has 15 heavy (non-hydrogen) atoms. The van der Waals surface area contributed by atoms with Crippen LogP contribution in [0.4, 0.5) is 0 Å². The molecule has 0 unspecified atom stereocenters. The average Bonchev–Trinajstić information content (AvgIpc) is 2.76. The van der Waals surface area contributed by atoms with E-state index in [4.69, 9.17) is 4.74 Å². The summed E-state index contributed by atoms with van der Waals surface area (Å²) in [5.74, 6) is 0.00508. The maximum absolute atomic E-state index is 11.4. The zero-order chi connectivity index (χ0) is 10.9. The molecule has 1 N–H and O–H groups in total. The first kappa shape index (κ1) is 12.7. The van der Waals surface area contributed by atoms with Crippen molar-refractivity contribution in [3.05, 3.63) is 22.4 Å². The van der Waals surface area contributed by atoms with E-state index in [2.05, 4.69) is 21.2 Å². The first-order valence-corrected chi connectivity index (χ1v) is 6.80. The molecule has 0 bridgehead atoms.